The maximum Gasteiger partial charge on any atom is 0.0714 e. The molecule has 0 spiro atoms. The van der Waals surface area contributed by atoms with Crippen molar-refractivity contribution >= 4 is 10.9 Å². The molecule has 2 aromatic rings. The van der Waals surface area contributed by atoms with E-state index in [0.29, 0.717) is 6.54 Å². The second kappa shape index (κ2) is 4.03. The number of benzene rings is 1. The zero-order valence-electron chi connectivity index (χ0n) is 9.33. The van der Waals surface area contributed by atoms with E-state index in [0.717, 1.165) is 12.8 Å². The van der Waals surface area contributed by atoms with Crippen LogP contribution in [0.15, 0.2) is 18.2 Å². The highest BCUT2D eigenvalue weighted by atomic mass is 15.3. The van der Waals surface area contributed by atoms with E-state index in [-0.39, 0.29) is 0 Å². The summed E-state index contributed by atoms with van der Waals surface area (Å²) in [6, 6.07) is 6.37. The molecule has 0 atom stereocenters. The second-order valence-corrected chi connectivity index (χ2v) is 3.78. The summed E-state index contributed by atoms with van der Waals surface area (Å²) in [6.45, 7) is 2.82. The highest BCUT2D eigenvalue weighted by Gasteiger charge is 2.09. The molecule has 80 valence electrons. The summed E-state index contributed by atoms with van der Waals surface area (Å²) in [5, 5.41) is 5.80. The van der Waals surface area contributed by atoms with E-state index in [9.17, 15) is 0 Å². The van der Waals surface area contributed by atoms with Gasteiger partial charge in [0.25, 0.3) is 0 Å². The minimum absolute atomic E-state index is 0.686. The van der Waals surface area contributed by atoms with E-state index in [2.05, 4.69) is 30.2 Å². The first kappa shape index (κ1) is 10.2. The van der Waals surface area contributed by atoms with Crippen LogP contribution in [0, 0.1) is 0 Å². The smallest absolute Gasteiger partial charge is 0.0714 e. The van der Waals surface area contributed by atoms with Gasteiger partial charge < -0.3 is 5.73 Å². The Balaban J connectivity index is 2.68. The van der Waals surface area contributed by atoms with E-state index in [1.54, 1.807) is 0 Å². The first-order valence-electron chi connectivity index (χ1n) is 5.41. The van der Waals surface area contributed by atoms with Crippen molar-refractivity contribution < 1.29 is 0 Å². The average molecular weight is 203 g/mol. The maximum absolute atomic E-state index is 5.61. The van der Waals surface area contributed by atoms with Crippen LogP contribution in [-0.4, -0.2) is 16.3 Å². The Labute approximate surface area is 89.9 Å². The van der Waals surface area contributed by atoms with Crippen molar-refractivity contribution in [1.82, 2.24) is 9.78 Å². The Bertz CT molecular complexity index is 471. The molecule has 0 saturated heterocycles. The molecule has 3 nitrogen and oxygen atoms in total. The van der Waals surface area contributed by atoms with Crippen molar-refractivity contribution in [3.05, 3.63) is 29.5 Å². The van der Waals surface area contributed by atoms with Crippen LogP contribution in [0.25, 0.3) is 10.9 Å². The molecule has 2 rings (SSSR count). The molecule has 0 bridgehead atoms. The Morgan fingerprint density at radius 1 is 1.40 bits per heavy atom. The lowest BCUT2D eigenvalue weighted by Gasteiger charge is -2.02. The van der Waals surface area contributed by atoms with Crippen molar-refractivity contribution in [2.24, 2.45) is 12.8 Å². The average Bonchev–Trinajstić information content (AvgIpc) is 2.57. The number of fused-ring (bicyclic) bond motifs is 1. The van der Waals surface area contributed by atoms with E-state index >= 15 is 0 Å². The maximum atomic E-state index is 5.61. The normalized spacial score (nSPS) is 11.1. The molecule has 2 N–H and O–H groups in total. The van der Waals surface area contributed by atoms with Gasteiger partial charge in [-0.15, -0.1) is 0 Å². The lowest BCUT2D eigenvalue weighted by atomic mass is 10.1. The predicted molar refractivity (Wildman–Crippen MR) is 62.9 cm³/mol. The third kappa shape index (κ3) is 1.63. The van der Waals surface area contributed by atoms with Crippen molar-refractivity contribution in [2.75, 3.05) is 6.54 Å². The van der Waals surface area contributed by atoms with Gasteiger partial charge in [-0.3, -0.25) is 4.68 Å². The summed E-state index contributed by atoms with van der Waals surface area (Å²) < 4.78 is 1.97. The van der Waals surface area contributed by atoms with Crippen LogP contribution in [-0.2, 0) is 19.9 Å². The zero-order chi connectivity index (χ0) is 10.8. The van der Waals surface area contributed by atoms with Gasteiger partial charge in [0.15, 0.2) is 0 Å². The van der Waals surface area contributed by atoms with Gasteiger partial charge in [-0.05, 0) is 24.9 Å². The van der Waals surface area contributed by atoms with E-state index in [4.69, 9.17) is 5.73 Å². The largest absolute Gasteiger partial charge is 0.330 e. The molecule has 0 radical (unpaired) electrons. The quantitative estimate of drug-likeness (QED) is 0.824. The van der Waals surface area contributed by atoms with Crippen LogP contribution >= 0.6 is 0 Å². The molecule has 3 heteroatoms. The van der Waals surface area contributed by atoms with Crippen LogP contribution in [0.5, 0.6) is 0 Å². The Hall–Kier alpha value is -1.35. The highest BCUT2D eigenvalue weighted by molar-refractivity contribution is 5.85. The van der Waals surface area contributed by atoms with Gasteiger partial charge >= 0.3 is 0 Å². The van der Waals surface area contributed by atoms with Crippen molar-refractivity contribution in [3.63, 3.8) is 0 Å². The van der Waals surface area contributed by atoms with Gasteiger partial charge in [0.05, 0.1) is 11.2 Å². The monoisotopic (exact) mass is 203 g/mol. The Morgan fingerprint density at radius 2 is 2.20 bits per heavy atom. The summed E-state index contributed by atoms with van der Waals surface area (Å²) in [4.78, 5) is 0. The topological polar surface area (TPSA) is 43.8 Å². The lowest BCUT2D eigenvalue weighted by Crippen LogP contribution is -2.04. The minimum Gasteiger partial charge on any atom is -0.330 e. The van der Waals surface area contributed by atoms with Gasteiger partial charge in [-0.2, -0.15) is 5.10 Å². The number of rotatable bonds is 3. The molecular weight excluding hydrogens is 186 g/mol. The zero-order valence-corrected chi connectivity index (χ0v) is 9.33. The van der Waals surface area contributed by atoms with Crippen molar-refractivity contribution in [1.29, 1.82) is 0 Å². The molecule has 15 heavy (non-hydrogen) atoms. The van der Waals surface area contributed by atoms with Crippen LogP contribution in [0.4, 0.5) is 0 Å². The fraction of sp³-hybridized carbons (Fsp3) is 0.417. The molecule has 0 fully saturated rings. The molecule has 0 aliphatic heterocycles. The second-order valence-electron chi connectivity index (χ2n) is 3.78. The standard InChI is InChI=1S/C12H17N3/c1-3-11-10-6-4-5-9(7-8-13)12(10)15(2)14-11/h4-6H,3,7-8,13H2,1-2H3. The van der Waals surface area contributed by atoms with Crippen LogP contribution in [0.3, 0.4) is 0 Å². The minimum atomic E-state index is 0.686. The molecular formula is C12H17N3. The SMILES string of the molecule is CCc1nn(C)c2c(CCN)cccc12. The van der Waals surface area contributed by atoms with Gasteiger partial charge in [-0.1, -0.05) is 25.1 Å². The first-order valence-corrected chi connectivity index (χ1v) is 5.41. The highest BCUT2D eigenvalue weighted by Crippen LogP contribution is 2.22. The summed E-state index contributed by atoms with van der Waals surface area (Å²) >= 11 is 0. The third-order valence-electron chi connectivity index (χ3n) is 2.77. The molecule has 0 unspecified atom stereocenters. The predicted octanol–water partition coefficient (Wildman–Crippen LogP) is 1.64. The van der Waals surface area contributed by atoms with Gasteiger partial charge in [0.2, 0.25) is 0 Å². The molecule has 1 aromatic carbocycles. The number of nitrogens with zero attached hydrogens (tertiary/aromatic N) is 2. The summed E-state index contributed by atoms with van der Waals surface area (Å²) in [5.41, 5.74) is 9.32. The summed E-state index contributed by atoms with van der Waals surface area (Å²) in [5.74, 6) is 0. The third-order valence-corrected chi connectivity index (χ3v) is 2.77. The van der Waals surface area contributed by atoms with E-state index in [1.807, 2.05) is 11.7 Å². The molecule has 0 aliphatic carbocycles. The fourth-order valence-electron chi connectivity index (χ4n) is 2.11. The van der Waals surface area contributed by atoms with Crippen LogP contribution < -0.4 is 5.73 Å². The molecule has 1 heterocycles. The lowest BCUT2D eigenvalue weighted by molar-refractivity contribution is 0.765. The molecule has 0 aliphatic rings. The van der Waals surface area contributed by atoms with E-state index < -0.39 is 0 Å². The van der Waals surface area contributed by atoms with Gasteiger partial charge in [-0.25, -0.2) is 0 Å². The molecule has 0 amide bonds. The number of aromatic nitrogens is 2. The van der Waals surface area contributed by atoms with E-state index in [1.165, 1.54) is 22.2 Å². The number of para-hydroxylation sites is 1. The van der Waals surface area contributed by atoms with Gasteiger partial charge in [0.1, 0.15) is 0 Å². The number of hydrogen-bond acceptors (Lipinski definition) is 2. The fourth-order valence-corrected chi connectivity index (χ4v) is 2.11. The summed E-state index contributed by atoms with van der Waals surface area (Å²) in [6.07, 6.45) is 1.89. The van der Waals surface area contributed by atoms with Crippen LogP contribution in [0.2, 0.25) is 0 Å². The summed E-state index contributed by atoms with van der Waals surface area (Å²) in [7, 11) is 2.00. The van der Waals surface area contributed by atoms with Crippen molar-refractivity contribution in [2.45, 2.75) is 19.8 Å². The number of hydrogen-bond donors (Lipinski definition) is 1. The Morgan fingerprint density at radius 3 is 2.87 bits per heavy atom. The Kier molecular flexibility index (Phi) is 2.73. The van der Waals surface area contributed by atoms with Gasteiger partial charge in [0, 0.05) is 12.4 Å². The number of aryl methyl sites for hydroxylation is 2. The van der Waals surface area contributed by atoms with Crippen LogP contribution in [0.1, 0.15) is 18.2 Å². The first-order chi connectivity index (χ1) is 7.27. The van der Waals surface area contributed by atoms with Crippen molar-refractivity contribution in [3.8, 4) is 0 Å². The molecule has 0 saturated carbocycles. The molecule has 1 aromatic heterocycles. The number of nitrogens with two attached hydrogens (primary N) is 1.